The number of carbonyl (C=O) groups excluding carboxylic acids is 2. The lowest BCUT2D eigenvalue weighted by Crippen LogP contribution is -2.35. The van der Waals surface area contributed by atoms with Gasteiger partial charge in [-0.25, -0.2) is 9.78 Å². The van der Waals surface area contributed by atoms with Crippen LogP contribution in [0.15, 0.2) is 30.5 Å². The number of rotatable bonds is 5. The molecule has 2 rings (SSSR count). The Morgan fingerprint density at radius 1 is 1.12 bits per heavy atom. The van der Waals surface area contributed by atoms with Gasteiger partial charge in [-0.15, -0.1) is 0 Å². The van der Waals surface area contributed by atoms with Crippen molar-refractivity contribution in [1.29, 1.82) is 0 Å². The molecule has 0 radical (unpaired) electrons. The highest BCUT2D eigenvalue weighted by Crippen LogP contribution is 2.21. The van der Waals surface area contributed by atoms with Crippen molar-refractivity contribution in [1.82, 2.24) is 9.88 Å². The van der Waals surface area contributed by atoms with Gasteiger partial charge in [0.15, 0.2) is 0 Å². The van der Waals surface area contributed by atoms with E-state index in [1.54, 1.807) is 0 Å². The average Bonchev–Trinajstić information content (AvgIpc) is 2.57. The molecule has 0 aliphatic heterocycles. The number of pyridine rings is 1. The first-order chi connectivity index (χ1) is 12.2. The molecule has 136 valence electrons. The molecule has 0 spiro atoms. The van der Waals surface area contributed by atoms with E-state index in [-0.39, 0.29) is 23.7 Å². The Hall–Kier alpha value is -3.22. The van der Waals surface area contributed by atoms with E-state index in [4.69, 9.17) is 5.11 Å². The minimum absolute atomic E-state index is 0.133. The van der Waals surface area contributed by atoms with Gasteiger partial charge < -0.3 is 15.3 Å². The number of benzene rings is 1. The van der Waals surface area contributed by atoms with Crippen LogP contribution >= 0.6 is 0 Å². The summed E-state index contributed by atoms with van der Waals surface area (Å²) in [5.41, 5.74) is 3.84. The summed E-state index contributed by atoms with van der Waals surface area (Å²) in [7, 11) is 1.50. The molecule has 1 heterocycles. The van der Waals surface area contributed by atoms with E-state index in [9.17, 15) is 14.4 Å². The molecule has 26 heavy (non-hydrogen) atoms. The van der Waals surface area contributed by atoms with Crippen LogP contribution in [0.25, 0.3) is 0 Å². The number of likely N-dealkylation sites (N-methyl/N-ethyl adjacent to an activating group) is 1. The molecule has 0 saturated heterocycles. The number of carboxylic acid groups (broad SMARTS) is 1. The quantitative estimate of drug-likeness (QED) is 0.858. The van der Waals surface area contributed by atoms with Crippen LogP contribution in [-0.4, -0.2) is 46.4 Å². The van der Waals surface area contributed by atoms with E-state index in [1.807, 2.05) is 32.9 Å². The van der Waals surface area contributed by atoms with Crippen molar-refractivity contribution in [2.45, 2.75) is 20.8 Å². The normalized spacial score (nSPS) is 10.3. The second-order valence-corrected chi connectivity index (χ2v) is 6.22. The maximum absolute atomic E-state index is 12.4. The molecule has 0 bridgehead atoms. The van der Waals surface area contributed by atoms with Gasteiger partial charge in [0.1, 0.15) is 5.69 Å². The van der Waals surface area contributed by atoms with Crippen molar-refractivity contribution < 1.29 is 19.5 Å². The van der Waals surface area contributed by atoms with Crippen molar-refractivity contribution in [2.24, 2.45) is 0 Å². The second-order valence-electron chi connectivity index (χ2n) is 6.22. The van der Waals surface area contributed by atoms with E-state index in [0.717, 1.165) is 22.4 Å². The van der Waals surface area contributed by atoms with Gasteiger partial charge in [0, 0.05) is 18.9 Å². The topological polar surface area (TPSA) is 99.6 Å². The molecule has 1 aromatic carbocycles. The number of hydrogen-bond acceptors (Lipinski definition) is 4. The minimum atomic E-state index is -1.17. The number of carboxylic acids is 1. The molecule has 2 amide bonds. The fourth-order valence-electron chi connectivity index (χ4n) is 2.71. The Balaban J connectivity index is 2.04. The zero-order valence-corrected chi connectivity index (χ0v) is 15.2. The lowest BCUT2D eigenvalue weighted by atomic mass is 10.1. The molecule has 0 unspecified atom stereocenters. The summed E-state index contributed by atoms with van der Waals surface area (Å²) in [6, 6.07) is 6.59. The monoisotopic (exact) mass is 355 g/mol. The number of aromatic nitrogens is 1. The van der Waals surface area contributed by atoms with Gasteiger partial charge in [0.2, 0.25) is 5.91 Å². The van der Waals surface area contributed by atoms with Gasteiger partial charge in [-0.2, -0.15) is 0 Å². The first-order valence-electron chi connectivity index (χ1n) is 8.01. The number of nitrogens with zero attached hydrogens (tertiary/aromatic N) is 2. The number of aromatic carboxylic acids is 1. The fraction of sp³-hybridized carbons (Fsp3) is 0.263. The largest absolute Gasteiger partial charge is 0.477 e. The van der Waals surface area contributed by atoms with Gasteiger partial charge in [-0.05, 0) is 44.0 Å². The molecule has 7 heteroatoms. The number of amides is 2. The number of aryl methyl sites for hydroxylation is 3. The van der Waals surface area contributed by atoms with Crippen molar-refractivity contribution in [3.63, 3.8) is 0 Å². The van der Waals surface area contributed by atoms with Crippen LogP contribution in [0, 0.1) is 20.8 Å². The zero-order valence-electron chi connectivity index (χ0n) is 15.2. The molecule has 0 aliphatic rings. The number of nitrogens with one attached hydrogen (secondary N) is 1. The van der Waals surface area contributed by atoms with Gasteiger partial charge in [0.05, 0.1) is 12.1 Å². The molecular formula is C19H21N3O4. The van der Waals surface area contributed by atoms with Gasteiger partial charge >= 0.3 is 5.97 Å². The highest BCUT2D eigenvalue weighted by atomic mass is 16.4. The van der Waals surface area contributed by atoms with Gasteiger partial charge in [0.25, 0.3) is 5.91 Å². The maximum atomic E-state index is 12.4. The Kier molecular flexibility index (Phi) is 5.71. The summed E-state index contributed by atoms with van der Waals surface area (Å²) >= 11 is 0. The van der Waals surface area contributed by atoms with Crippen LogP contribution in [0.2, 0.25) is 0 Å². The van der Waals surface area contributed by atoms with E-state index >= 15 is 0 Å². The average molecular weight is 355 g/mol. The van der Waals surface area contributed by atoms with Crippen molar-refractivity contribution in [3.05, 3.63) is 58.4 Å². The lowest BCUT2D eigenvalue weighted by molar-refractivity contribution is -0.116. The first kappa shape index (κ1) is 19.1. The summed E-state index contributed by atoms with van der Waals surface area (Å²) in [5, 5.41) is 11.7. The van der Waals surface area contributed by atoms with Crippen LogP contribution in [-0.2, 0) is 4.79 Å². The zero-order chi connectivity index (χ0) is 19.4. The van der Waals surface area contributed by atoms with Crippen LogP contribution in [0.3, 0.4) is 0 Å². The maximum Gasteiger partial charge on any atom is 0.354 e. The molecule has 1 aromatic heterocycles. The molecule has 0 fully saturated rings. The Bertz CT molecular complexity index is 837. The molecule has 2 N–H and O–H groups in total. The van der Waals surface area contributed by atoms with Gasteiger partial charge in [-0.3, -0.25) is 9.59 Å². The second kappa shape index (κ2) is 7.77. The smallest absolute Gasteiger partial charge is 0.354 e. The summed E-state index contributed by atoms with van der Waals surface area (Å²) in [4.78, 5) is 40.4. The van der Waals surface area contributed by atoms with Crippen molar-refractivity contribution in [3.8, 4) is 0 Å². The Morgan fingerprint density at radius 2 is 1.73 bits per heavy atom. The SMILES string of the molecule is Cc1cc(C)c(NC(=O)CN(C)C(=O)c2ccc(C(=O)O)nc2)c(C)c1. The highest BCUT2D eigenvalue weighted by Gasteiger charge is 2.17. The van der Waals surface area contributed by atoms with Gasteiger partial charge in [-0.1, -0.05) is 17.7 Å². The standard InChI is InChI=1S/C19H21N3O4/c1-11-7-12(2)17(13(3)8-11)21-16(23)10-22(4)18(24)14-5-6-15(19(25)26)20-9-14/h5-9H,10H2,1-4H3,(H,21,23)(H,25,26). The van der Waals surface area contributed by atoms with E-state index < -0.39 is 11.9 Å². The summed E-state index contributed by atoms with van der Waals surface area (Å²) in [6.07, 6.45) is 1.19. The molecule has 0 atom stereocenters. The molecule has 7 nitrogen and oxygen atoms in total. The molecular weight excluding hydrogens is 334 g/mol. The van der Waals surface area contributed by atoms with Crippen LogP contribution in [0.5, 0.6) is 0 Å². The highest BCUT2D eigenvalue weighted by molar-refractivity contribution is 6.00. The van der Waals surface area contributed by atoms with Crippen molar-refractivity contribution >= 4 is 23.5 Å². The van der Waals surface area contributed by atoms with Crippen LogP contribution in [0.4, 0.5) is 5.69 Å². The molecule has 2 aromatic rings. The van der Waals surface area contributed by atoms with E-state index in [2.05, 4.69) is 10.3 Å². The summed E-state index contributed by atoms with van der Waals surface area (Å²) < 4.78 is 0. The molecule has 0 aliphatic carbocycles. The summed E-state index contributed by atoms with van der Waals surface area (Å²) in [5.74, 6) is -1.89. The van der Waals surface area contributed by atoms with Crippen LogP contribution < -0.4 is 5.32 Å². The Labute approximate surface area is 151 Å². The predicted octanol–water partition coefficient (Wildman–Crippen LogP) is 2.42. The van der Waals surface area contributed by atoms with Crippen LogP contribution in [0.1, 0.15) is 37.5 Å². The summed E-state index contributed by atoms with van der Waals surface area (Å²) in [6.45, 7) is 5.69. The Morgan fingerprint density at radius 3 is 2.23 bits per heavy atom. The van der Waals surface area contributed by atoms with Crippen molar-refractivity contribution in [2.75, 3.05) is 18.9 Å². The fourth-order valence-corrected chi connectivity index (χ4v) is 2.71. The number of carbonyl (C=O) groups is 3. The third kappa shape index (κ3) is 4.44. The molecule has 0 saturated carbocycles. The predicted molar refractivity (Wildman–Crippen MR) is 97.4 cm³/mol. The minimum Gasteiger partial charge on any atom is -0.477 e. The third-order valence-corrected chi connectivity index (χ3v) is 3.90. The lowest BCUT2D eigenvalue weighted by Gasteiger charge is -2.18. The number of hydrogen-bond donors (Lipinski definition) is 2. The number of anilines is 1. The van der Waals surface area contributed by atoms with E-state index in [1.165, 1.54) is 30.3 Å². The third-order valence-electron chi connectivity index (χ3n) is 3.90. The first-order valence-corrected chi connectivity index (χ1v) is 8.01. The van der Waals surface area contributed by atoms with E-state index in [0.29, 0.717) is 0 Å².